The fourth-order valence-electron chi connectivity index (χ4n) is 4.61. The Morgan fingerprint density at radius 1 is 1.08 bits per heavy atom. The standard InChI is InChI=1S/C27H33ClF3N3O4S/c1-19(26(36)32-22-11-7-4-8-12-22)33(16-15-20-9-5-3-6-10-20)25(35)18-34(39(2,37)38)24-17-21(27(29,30)31)13-14-23(24)28/h3,5-6,9-10,13-14,17,19,22H,4,7-8,11-12,15-16,18H2,1-2H3,(H,32,36)/t19-/m0/s1. The molecule has 12 heteroatoms. The van der Waals surface area contributed by atoms with Gasteiger partial charge in [-0.1, -0.05) is 61.2 Å². The van der Waals surface area contributed by atoms with Crippen molar-refractivity contribution in [1.82, 2.24) is 10.2 Å². The zero-order valence-electron chi connectivity index (χ0n) is 21.9. The van der Waals surface area contributed by atoms with E-state index in [0.717, 1.165) is 56.1 Å². The molecule has 1 atom stereocenters. The summed E-state index contributed by atoms with van der Waals surface area (Å²) >= 11 is 6.11. The molecule has 2 amide bonds. The smallest absolute Gasteiger partial charge is 0.352 e. The van der Waals surface area contributed by atoms with E-state index in [0.29, 0.717) is 16.8 Å². The second-order valence-corrected chi connectivity index (χ2v) is 12.1. The molecule has 39 heavy (non-hydrogen) atoms. The van der Waals surface area contributed by atoms with Crippen molar-refractivity contribution in [3.05, 3.63) is 64.7 Å². The number of benzene rings is 2. The number of anilines is 1. The summed E-state index contributed by atoms with van der Waals surface area (Å²) < 4.78 is 66.0. The molecule has 214 valence electrons. The molecule has 1 aliphatic carbocycles. The number of hydrogen-bond donors (Lipinski definition) is 1. The maximum atomic E-state index is 13.6. The first-order valence-electron chi connectivity index (χ1n) is 12.8. The van der Waals surface area contributed by atoms with Gasteiger partial charge in [0.25, 0.3) is 0 Å². The summed E-state index contributed by atoms with van der Waals surface area (Å²) in [5, 5.41) is 2.73. The molecule has 1 saturated carbocycles. The van der Waals surface area contributed by atoms with Gasteiger partial charge in [-0.3, -0.25) is 13.9 Å². The third-order valence-corrected chi connectivity index (χ3v) is 8.27. The lowest BCUT2D eigenvalue weighted by molar-refractivity contribution is -0.139. The summed E-state index contributed by atoms with van der Waals surface area (Å²) in [5.41, 5.74) is -0.676. The molecule has 0 saturated heterocycles. The minimum atomic E-state index is -4.75. The Labute approximate surface area is 232 Å². The third kappa shape index (κ3) is 8.60. The molecule has 0 aromatic heterocycles. The molecule has 1 aliphatic rings. The lowest BCUT2D eigenvalue weighted by Gasteiger charge is -2.33. The maximum Gasteiger partial charge on any atom is 0.416 e. The largest absolute Gasteiger partial charge is 0.416 e. The van der Waals surface area contributed by atoms with E-state index < -0.39 is 45.9 Å². The Balaban J connectivity index is 1.89. The van der Waals surface area contributed by atoms with Crippen LogP contribution in [0.15, 0.2) is 48.5 Å². The van der Waals surface area contributed by atoms with Gasteiger partial charge in [-0.05, 0) is 49.9 Å². The van der Waals surface area contributed by atoms with Crippen LogP contribution in [0.2, 0.25) is 5.02 Å². The van der Waals surface area contributed by atoms with Crippen molar-refractivity contribution in [1.29, 1.82) is 0 Å². The summed E-state index contributed by atoms with van der Waals surface area (Å²) in [7, 11) is -4.23. The first kappa shape index (κ1) is 30.7. The number of amides is 2. The quantitative estimate of drug-likeness (QED) is 0.422. The van der Waals surface area contributed by atoms with Crippen LogP contribution in [-0.2, 0) is 32.2 Å². The molecule has 7 nitrogen and oxygen atoms in total. The van der Waals surface area contributed by atoms with E-state index in [1.165, 1.54) is 4.90 Å². The molecular weight excluding hydrogens is 555 g/mol. The number of carbonyl (C=O) groups is 2. The number of hydrogen-bond acceptors (Lipinski definition) is 4. The maximum absolute atomic E-state index is 13.6. The van der Waals surface area contributed by atoms with E-state index in [-0.39, 0.29) is 23.5 Å². The molecule has 0 radical (unpaired) electrons. The molecule has 1 N–H and O–H groups in total. The van der Waals surface area contributed by atoms with E-state index in [1.54, 1.807) is 6.92 Å². The minimum absolute atomic E-state index is 0.00351. The van der Waals surface area contributed by atoms with E-state index in [9.17, 15) is 31.2 Å². The number of halogens is 4. The number of rotatable bonds is 10. The van der Waals surface area contributed by atoms with Gasteiger partial charge in [0.15, 0.2) is 0 Å². The first-order chi connectivity index (χ1) is 18.3. The zero-order chi connectivity index (χ0) is 28.8. The van der Waals surface area contributed by atoms with E-state index >= 15 is 0 Å². The average Bonchev–Trinajstić information content (AvgIpc) is 2.87. The summed E-state index contributed by atoms with van der Waals surface area (Å²) in [6.45, 7) is 0.828. The second kappa shape index (κ2) is 13.0. The lowest BCUT2D eigenvalue weighted by Crippen LogP contribution is -2.53. The van der Waals surface area contributed by atoms with Gasteiger partial charge < -0.3 is 10.2 Å². The topological polar surface area (TPSA) is 86.8 Å². The van der Waals surface area contributed by atoms with Crippen LogP contribution in [0.5, 0.6) is 0 Å². The van der Waals surface area contributed by atoms with Crippen LogP contribution < -0.4 is 9.62 Å². The highest BCUT2D eigenvalue weighted by Gasteiger charge is 2.35. The Morgan fingerprint density at radius 3 is 2.31 bits per heavy atom. The van der Waals surface area contributed by atoms with Crippen LogP contribution in [0, 0.1) is 0 Å². The van der Waals surface area contributed by atoms with Crippen LogP contribution in [0.1, 0.15) is 50.2 Å². The molecule has 2 aromatic rings. The van der Waals surface area contributed by atoms with E-state index in [4.69, 9.17) is 11.6 Å². The van der Waals surface area contributed by atoms with Crippen molar-refractivity contribution in [2.75, 3.05) is 23.7 Å². The number of nitrogens with one attached hydrogen (secondary N) is 1. The van der Waals surface area contributed by atoms with Crippen LogP contribution in [0.3, 0.4) is 0 Å². The zero-order valence-corrected chi connectivity index (χ0v) is 23.5. The van der Waals surface area contributed by atoms with E-state index in [2.05, 4.69) is 5.32 Å². The summed E-state index contributed by atoms with van der Waals surface area (Å²) in [6.07, 6.45) is 1.19. The van der Waals surface area contributed by atoms with E-state index in [1.807, 2.05) is 30.3 Å². The van der Waals surface area contributed by atoms with Crippen LogP contribution in [-0.4, -0.2) is 56.6 Å². The third-order valence-electron chi connectivity index (χ3n) is 6.82. The van der Waals surface area contributed by atoms with Crippen molar-refractivity contribution in [2.24, 2.45) is 0 Å². The number of sulfonamides is 1. The SMILES string of the molecule is C[C@@H](C(=O)NC1CCCCC1)N(CCc1ccccc1)C(=O)CN(c1cc(C(F)(F)F)ccc1Cl)S(C)(=O)=O. The highest BCUT2D eigenvalue weighted by atomic mass is 35.5. The second-order valence-electron chi connectivity index (χ2n) is 9.78. The van der Waals surface area contributed by atoms with Gasteiger partial charge in [0.1, 0.15) is 12.6 Å². The van der Waals surface area contributed by atoms with Crippen LogP contribution >= 0.6 is 11.6 Å². The number of alkyl halides is 3. The van der Waals surface area contributed by atoms with Crippen LogP contribution in [0.25, 0.3) is 0 Å². The van der Waals surface area contributed by atoms with Crippen molar-refractivity contribution in [2.45, 2.75) is 63.7 Å². The lowest BCUT2D eigenvalue weighted by atomic mass is 9.95. The van der Waals surface area contributed by atoms with Gasteiger partial charge in [-0.25, -0.2) is 8.42 Å². The molecule has 0 unspecified atom stereocenters. The predicted octanol–water partition coefficient (Wildman–Crippen LogP) is 5.03. The van der Waals surface area contributed by atoms with Gasteiger partial charge in [0.2, 0.25) is 21.8 Å². The van der Waals surface area contributed by atoms with Gasteiger partial charge >= 0.3 is 6.18 Å². The molecule has 2 aromatic carbocycles. The number of nitrogens with zero attached hydrogens (tertiary/aromatic N) is 2. The fourth-order valence-corrected chi connectivity index (χ4v) is 5.74. The monoisotopic (exact) mass is 587 g/mol. The molecule has 3 rings (SSSR count). The van der Waals surface area contributed by atoms with Crippen LogP contribution in [0.4, 0.5) is 18.9 Å². The highest BCUT2D eigenvalue weighted by Crippen LogP contribution is 2.36. The molecule has 0 heterocycles. The van der Waals surface area contributed by atoms with Gasteiger partial charge in [-0.15, -0.1) is 0 Å². The van der Waals surface area contributed by atoms with Gasteiger partial charge in [0, 0.05) is 12.6 Å². The average molecular weight is 588 g/mol. The minimum Gasteiger partial charge on any atom is -0.352 e. The Kier molecular flexibility index (Phi) is 10.3. The Morgan fingerprint density at radius 2 is 1.72 bits per heavy atom. The van der Waals surface area contributed by atoms with Crippen molar-refractivity contribution in [3.8, 4) is 0 Å². The Bertz CT molecular complexity index is 1250. The molecule has 0 aliphatic heterocycles. The molecular formula is C27H33ClF3N3O4S. The summed E-state index contributed by atoms with van der Waals surface area (Å²) in [4.78, 5) is 28.0. The summed E-state index contributed by atoms with van der Waals surface area (Å²) in [5.74, 6) is -1.11. The van der Waals surface area contributed by atoms with Crippen molar-refractivity contribution < 1.29 is 31.2 Å². The highest BCUT2D eigenvalue weighted by molar-refractivity contribution is 7.92. The predicted molar refractivity (Wildman–Crippen MR) is 145 cm³/mol. The van der Waals surface area contributed by atoms with Gasteiger partial charge in [0.05, 0.1) is 22.5 Å². The van der Waals surface area contributed by atoms with Crippen molar-refractivity contribution in [3.63, 3.8) is 0 Å². The summed E-state index contributed by atoms with van der Waals surface area (Å²) in [6, 6.07) is 10.6. The first-order valence-corrected chi connectivity index (χ1v) is 15.0. The normalized spacial score (nSPS) is 15.4. The molecule has 1 fully saturated rings. The van der Waals surface area contributed by atoms with Crippen molar-refractivity contribution >= 4 is 39.1 Å². The number of carbonyl (C=O) groups excluding carboxylic acids is 2. The Hall–Kier alpha value is -2.79. The molecule has 0 spiro atoms. The van der Waals surface area contributed by atoms with Gasteiger partial charge in [-0.2, -0.15) is 13.2 Å². The fraction of sp³-hybridized carbons (Fsp3) is 0.481. The molecule has 0 bridgehead atoms.